The standard InChI is InChI=1S/C18H20ClN3O2/c19-14-4-1-3-13(9-14)18(6-7-18)17(23)21-15-10-20-22(11-15)12-16-5-2-8-24-16/h1,3-4,9-11,16H,2,5-8,12H2,(H,21,23). The summed E-state index contributed by atoms with van der Waals surface area (Å²) in [6.07, 6.45) is 7.67. The van der Waals surface area contributed by atoms with Gasteiger partial charge >= 0.3 is 0 Å². The monoisotopic (exact) mass is 345 g/mol. The van der Waals surface area contributed by atoms with Gasteiger partial charge in [-0.3, -0.25) is 9.48 Å². The third kappa shape index (κ3) is 3.06. The number of aromatic nitrogens is 2. The van der Waals surface area contributed by atoms with E-state index in [1.54, 1.807) is 6.20 Å². The molecule has 1 aromatic carbocycles. The predicted molar refractivity (Wildman–Crippen MR) is 92.2 cm³/mol. The number of nitrogens with one attached hydrogen (secondary N) is 1. The number of amides is 1. The average molecular weight is 346 g/mol. The first kappa shape index (κ1) is 15.7. The highest BCUT2D eigenvalue weighted by atomic mass is 35.5. The molecule has 4 rings (SSSR count). The van der Waals surface area contributed by atoms with Crippen molar-refractivity contribution in [2.75, 3.05) is 11.9 Å². The Morgan fingerprint density at radius 2 is 2.33 bits per heavy atom. The number of carbonyl (C=O) groups excluding carboxylic acids is 1. The molecule has 1 unspecified atom stereocenters. The van der Waals surface area contributed by atoms with E-state index < -0.39 is 5.41 Å². The topological polar surface area (TPSA) is 56.2 Å². The lowest BCUT2D eigenvalue weighted by Gasteiger charge is -2.15. The number of hydrogen-bond donors (Lipinski definition) is 1. The first-order valence-corrected chi connectivity index (χ1v) is 8.75. The quantitative estimate of drug-likeness (QED) is 0.903. The largest absolute Gasteiger partial charge is 0.376 e. The van der Waals surface area contributed by atoms with Crippen LogP contribution in [0.25, 0.3) is 0 Å². The molecule has 0 radical (unpaired) electrons. The van der Waals surface area contributed by atoms with Gasteiger partial charge in [0.25, 0.3) is 0 Å². The van der Waals surface area contributed by atoms with Gasteiger partial charge in [-0.15, -0.1) is 0 Å². The lowest BCUT2D eigenvalue weighted by atomic mass is 9.95. The molecular formula is C18H20ClN3O2. The van der Waals surface area contributed by atoms with Gasteiger partial charge in [0.15, 0.2) is 0 Å². The SMILES string of the molecule is O=C(Nc1cnn(CC2CCCO2)c1)C1(c2cccc(Cl)c2)CC1. The van der Waals surface area contributed by atoms with Crippen molar-refractivity contribution in [3.8, 4) is 0 Å². The molecule has 1 aliphatic heterocycles. The number of hydrogen-bond acceptors (Lipinski definition) is 3. The highest BCUT2D eigenvalue weighted by molar-refractivity contribution is 6.30. The van der Waals surface area contributed by atoms with E-state index in [0.717, 1.165) is 50.1 Å². The van der Waals surface area contributed by atoms with Crippen LogP contribution in [0.4, 0.5) is 5.69 Å². The molecule has 2 heterocycles. The second kappa shape index (κ2) is 6.22. The summed E-state index contributed by atoms with van der Waals surface area (Å²) in [6.45, 7) is 1.56. The van der Waals surface area contributed by atoms with E-state index >= 15 is 0 Å². The Morgan fingerprint density at radius 3 is 3.04 bits per heavy atom. The number of benzene rings is 1. The van der Waals surface area contributed by atoms with Crippen molar-refractivity contribution in [2.24, 2.45) is 0 Å². The summed E-state index contributed by atoms with van der Waals surface area (Å²) in [5, 5.41) is 7.99. The Kier molecular flexibility index (Phi) is 4.06. The molecule has 24 heavy (non-hydrogen) atoms. The third-order valence-corrected chi connectivity index (χ3v) is 5.10. The number of ether oxygens (including phenoxy) is 1. The van der Waals surface area contributed by atoms with E-state index in [1.165, 1.54) is 0 Å². The fourth-order valence-electron chi connectivity index (χ4n) is 3.33. The Labute approximate surface area is 145 Å². The predicted octanol–water partition coefficient (Wildman–Crippen LogP) is 3.39. The first-order chi connectivity index (χ1) is 11.7. The van der Waals surface area contributed by atoms with Crippen LogP contribution in [0.1, 0.15) is 31.2 Å². The summed E-state index contributed by atoms with van der Waals surface area (Å²) in [5.74, 6) is 0.0152. The number of rotatable bonds is 5. The van der Waals surface area contributed by atoms with Crippen LogP contribution in [0.5, 0.6) is 0 Å². The lowest BCUT2D eigenvalue weighted by molar-refractivity contribution is -0.118. The molecule has 5 nitrogen and oxygen atoms in total. The average Bonchev–Trinajstić information content (AvgIpc) is 3.02. The minimum Gasteiger partial charge on any atom is -0.376 e. The second-order valence-corrected chi connectivity index (χ2v) is 7.07. The fourth-order valence-corrected chi connectivity index (χ4v) is 3.52. The number of carbonyl (C=O) groups is 1. The van der Waals surface area contributed by atoms with Crippen LogP contribution in [0, 0.1) is 0 Å². The maximum absolute atomic E-state index is 12.7. The van der Waals surface area contributed by atoms with Gasteiger partial charge in [-0.05, 0) is 43.4 Å². The van der Waals surface area contributed by atoms with Crippen LogP contribution in [0.3, 0.4) is 0 Å². The van der Waals surface area contributed by atoms with Crippen molar-refractivity contribution in [1.82, 2.24) is 9.78 Å². The Morgan fingerprint density at radius 1 is 1.46 bits per heavy atom. The van der Waals surface area contributed by atoms with Crippen LogP contribution in [-0.2, 0) is 21.5 Å². The summed E-state index contributed by atoms with van der Waals surface area (Å²) in [6, 6.07) is 7.58. The fraction of sp³-hybridized carbons (Fsp3) is 0.444. The maximum atomic E-state index is 12.7. The summed E-state index contributed by atoms with van der Waals surface area (Å²) >= 11 is 6.07. The van der Waals surface area contributed by atoms with Gasteiger partial charge in [-0.25, -0.2) is 0 Å². The highest BCUT2D eigenvalue weighted by Gasteiger charge is 2.51. The first-order valence-electron chi connectivity index (χ1n) is 8.37. The van der Waals surface area contributed by atoms with E-state index in [9.17, 15) is 4.79 Å². The highest BCUT2D eigenvalue weighted by Crippen LogP contribution is 2.49. The molecule has 1 aliphatic carbocycles. The molecule has 1 aromatic heterocycles. The molecule has 2 aromatic rings. The molecule has 1 atom stereocenters. The number of halogens is 1. The third-order valence-electron chi connectivity index (χ3n) is 4.87. The summed E-state index contributed by atoms with van der Waals surface area (Å²) < 4.78 is 7.46. The van der Waals surface area contributed by atoms with Gasteiger partial charge in [-0.1, -0.05) is 23.7 Å². The smallest absolute Gasteiger partial charge is 0.235 e. The van der Waals surface area contributed by atoms with Gasteiger partial charge < -0.3 is 10.1 Å². The van der Waals surface area contributed by atoms with Crippen molar-refractivity contribution in [2.45, 2.75) is 43.7 Å². The molecule has 2 aliphatic rings. The molecule has 1 amide bonds. The summed E-state index contributed by atoms with van der Waals surface area (Å²) in [7, 11) is 0. The number of nitrogens with zero attached hydrogens (tertiary/aromatic N) is 2. The normalized spacial score (nSPS) is 21.6. The van der Waals surface area contributed by atoms with E-state index in [0.29, 0.717) is 5.02 Å². The molecular weight excluding hydrogens is 326 g/mol. The second-order valence-electron chi connectivity index (χ2n) is 6.63. The van der Waals surface area contributed by atoms with Crippen LogP contribution in [-0.4, -0.2) is 28.4 Å². The van der Waals surface area contributed by atoms with E-state index in [-0.39, 0.29) is 12.0 Å². The molecule has 126 valence electrons. The summed E-state index contributed by atoms with van der Waals surface area (Å²) in [4.78, 5) is 12.7. The van der Waals surface area contributed by atoms with Gasteiger partial charge in [-0.2, -0.15) is 5.10 Å². The summed E-state index contributed by atoms with van der Waals surface area (Å²) in [5.41, 5.74) is 1.27. The van der Waals surface area contributed by atoms with Crippen molar-refractivity contribution in [3.63, 3.8) is 0 Å². The Balaban J connectivity index is 1.43. The van der Waals surface area contributed by atoms with Gasteiger partial charge in [0.05, 0.1) is 29.9 Å². The van der Waals surface area contributed by atoms with Gasteiger partial charge in [0.2, 0.25) is 5.91 Å². The minimum atomic E-state index is -0.443. The van der Waals surface area contributed by atoms with Crippen molar-refractivity contribution < 1.29 is 9.53 Å². The van der Waals surface area contributed by atoms with Crippen LogP contribution >= 0.6 is 11.6 Å². The van der Waals surface area contributed by atoms with Crippen molar-refractivity contribution >= 4 is 23.2 Å². The van der Waals surface area contributed by atoms with E-state index in [1.807, 2.05) is 35.1 Å². The van der Waals surface area contributed by atoms with Crippen molar-refractivity contribution in [1.29, 1.82) is 0 Å². The number of anilines is 1. The van der Waals surface area contributed by atoms with Gasteiger partial charge in [0.1, 0.15) is 0 Å². The van der Waals surface area contributed by atoms with Crippen LogP contribution in [0.15, 0.2) is 36.7 Å². The zero-order valence-corrected chi connectivity index (χ0v) is 14.1. The van der Waals surface area contributed by atoms with Crippen molar-refractivity contribution in [3.05, 3.63) is 47.2 Å². The molecule has 1 N–H and O–H groups in total. The molecule has 0 bridgehead atoms. The molecule has 1 saturated carbocycles. The van der Waals surface area contributed by atoms with E-state index in [2.05, 4.69) is 10.4 Å². The zero-order valence-electron chi connectivity index (χ0n) is 13.4. The lowest BCUT2D eigenvalue weighted by Crippen LogP contribution is -2.27. The minimum absolute atomic E-state index is 0.0152. The maximum Gasteiger partial charge on any atom is 0.235 e. The Hall–Kier alpha value is -1.85. The zero-order chi connectivity index (χ0) is 16.6. The van der Waals surface area contributed by atoms with Crippen LogP contribution in [0.2, 0.25) is 5.02 Å². The Bertz CT molecular complexity index is 748. The molecule has 1 saturated heterocycles. The van der Waals surface area contributed by atoms with E-state index in [4.69, 9.17) is 16.3 Å². The van der Waals surface area contributed by atoms with Crippen LogP contribution < -0.4 is 5.32 Å². The van der Waals surface area contributed by atoms with Gasteiger partial charge in [0, 0.05) is 17.8 Å². The molecule has 2 fully saturated rings. The molecule has 6 heteroatoms. The molecule has 0 spiro atoms.